The van der Waals surface area contributed by atoms with Crippen LogP contribution in [0, 0.1) is 10.1 Å². The van der Waals surface area contributed by atoms with Gasteiger partial charge in [-0.1, -0.05) is 17.7 Å². The van der Waals surface area contributed by atoms with Crippen molar-refractivity contribution in [3.05, 3.63) is 77.6 Å². The number of carbonyl (C=O) groups is 1. The summed E-state index contributed by atoms with van der Waals surface area (Å²) < 4.78 is 7.11. The van der Waals surface area contributed by atoms with Crippen molar-refractivity contribution < 1.29 is 14.5 Å². The lowest BCUT2D eigenvalue weighted by Crippen LogP contribution is -2.38. The number of nitro benzene ring substituents is 1. The molecule has 9 nitrogen and oxygen atoms in total. The quantitative estimate of drug-likeness (QED) is 0.336. The Balaban J connectivity index is 2.09. The summed E-state index contributed by atoms with van der Waals surface area (Å²) in [6.45, 7) is -0.272. The van der Waals surface area contributed by atoms with Crippen LogP contribution in [0.5, 0.6) is 0 Å². The minimum absolute atomic E-state index is 0.0127. The molecular weight excluding hydrogens is 366 g/mol. The topological polar surface area (TPSA) is 113 Å². The van der Waals surface area contributed by atoms with Gasteiger partial charge in [0.05, 0.1) is 10.6 Å². The second-order valence-electron chi connectivity index (χ2n) is 5.28. The highest BCUT2D eigenvalue weighted by molar-refractivity contribution is 6.32. The van der Waals surface area contributed by atoms with Gasteiger partial charge in [0.15, 0.2) is 0 Å². The summed E-state index contributed by atoms with van der Waals surface area (Å²) in [6, 6.07) is 5.27. The van der Waals surface area contributed by atoms with E-state index in [2.05, 4.69) is 0 Å². The van der Waals surface area contributed by atoms with Crippen molar-refractivity contribution in [2.45, 2.75) is 6.61 Å². The zero-order chi connectivity index (χ0) is 19.4. The van der Waals surface area contributed by atoms with Crippen molar-refractivity contribution in [1.29, 1.82) is 0 Å². The fraction of sp³-hybridized carbons (Fsp3) is 0.188. The van der Waals surface area contributed by atoms with Crippen molar-refractivity contribution in [2.24, 2.45) is 14.1 Å². The highest BCUT2D eigenvalue weighted by Crippen LogP contribution is 2.25. The summed E-state index contributed by atoms with van der Waals surface area (Å²) in [7, 11) is 2.79. The number of hydrogen-bond donors (Lipinski definition) is 0. The zero-order valence-electron chi connectivity index (χ0n) is 13.8. The van der Waals surface area contributed by atoms with Crippen LogP contribution >= 0.6 is 11.6 Å². The Morgan fingerprint density at radius 2 is 1.96 bits per heavy atom. The van der Waals surface area contributed by atoms with Crippen LogP contribution in [-0.4, -0.2) is 20.0 Å². The highest BCUT2D eigenvalue weighted by Gasteiger charge is 2.12. The van der Waals surface area contributed by atoms with E-state index in [-0.39, 0.29) is 23.0 Å². The molecule has 0 aliphatic carbocycles. The second kappa shape index (κ2) is 7.79. The van der Waals surface area contributed by atoms with Gasteiger partial charge in [0, 0.05) is 32.3 Å². The van der Waals surface area contributed by atoms with E-state index in [1.54, 1.807) is 0 Å². The van der Waals surface area contributed by atoms with Gasteiger partial charge in [0.25, 0.3) is 11.2 Å². The third-order valence-electron chi connectivity index (χ3n) is 3.57. The maximum atomic E-state index is 11.8. The Labute approximate surface area is 151 Å². The molecule has 1 aromatic carbocycles. The molecule has 2 rings (SSSR count). The minimum atomic E-state index is -0.740. The summed E-state index contributed by atoms with van der Waals surface area (Å²) in [5.41, 5.74) is -0.700. The lowest BCUT2D eigenvalue weighted by atomic mass is 10.2. The monoisotopic (exact) mass is 379 g/mol. The van der Waals surface area contributed by atoms with Crippen LogP contribution in [0.15, 0.2) is 39.9 Å². The summed E-state index contributed by atoms with van der Waals surface area (Å²) in [5.74, 6) is -0.740. The van der Waals surface area contributed by atoms with Gasteiger partial charge in [-0.2, -0.15) is 0 Å². The van der Waals surface area contributed by atoms with Crippen LogP contribution in [0.3, 0.4) is 0 Å². The lowest BCUT2D eigenvalue weighted by Gasteiger charge is -2.09. The molecule has 0 unspecified atom stereocenters. The largest absolute Gasteiger partial charge is 0.456 e. The van der Waals surface area contributed by atoms with Crippen LogP contribution in [0.1, 0.15) is 11.3 Å². The summed E-state index contributed by atoms with van der Waals surface area (Å²) in [5, 5.41) is 10.8. The molecule has 0 fully saturated rings. The summed E-state index contributed by atoms with van der Waals surface area (Å²) >= 11 is 5.71. The van der Waals surface area contributed by atoms with Crippen LogP contribution in [0.4, 0.5) is 5.69 Å². The Bertz CT molecular complexity index is 1020. The second-order valence-corrected chi connectivity index (χ2v) is 5.69. The van der Waals surface area contributed by atoms with Gasteiger partial charge in [-0.15, -0.1) is 0 Å². The van der Waals surface area contributed by atoms with E-state index >= 15 is 0 Å². The van der Waals surface area contributed by atoms with Gasteiger partial charge in [-0.3, -0.25) is 24.0 Å². The molecule has 0 spiro atoms. The highest BCUT2D eigenvalue weighted by atomic mass is 35.5. The smallest absolute Gasteiger partial charge is 0.331 e. The molecule has 0 atom stereocenters. The predicted molar refractivity (Wildman–Crippen MR) is 93.9 cm³/mol. The van der Waals surface area contributed by atoms with E-state index in [1.165, 1.54) is 49.0 Å². The molecule has 0 aliphatic heterocycles. The Kier molecular flexibility index (Phi) is 5.73. The molecule has 1 aromatic heterocycles. The summed E-state index contributed by atoms with van der Waals surface area (Å²) in [4.78, 5) is 45.4. The van der Waals surface area contributed by atoms with Crippen LogP contribution < -0.4 is 11.2 Å². The number of carbonyl (C=O) groups excluding carboxylic acids is 1. The normalized spacial score (nSPS) is 10.9. The number of benzene rings is 1. The minimum Gasteiger partial charge on any atom is -0.456 e. The molecule has 136 valence electrons. The van der Waals surface area contributed by atoms with Gasteiger partial charge in [0.2, 0.25) is 0 Å². The first kappa shape index (κ1) is 19.1. The number of rotatable bonds is 5. The van der Waals surface area contributed by atoms with E-state index in [4.69, 9.17) is 16.3 Å². The molecule has 0 radical (unpaired) electrons. The predicted octanol–water partition coefficient (Wildman–Crippen LogP) is 1.40. The molecule has 0 N–H and O–H groups in total. The van der Waals surface area contributed by atoms with Crippen LogP contribution in [-0.2, 0) is 30.2 Å². The molecule has 1 heterocycles. The number of ether oxygens (including phenoxy) is 1. The number of aromatic nitrogens is 2. The van der Waals surface area contributed by atoms with Crippen molar-refractivity contribution in [2.75, 3.05) is 0 Å². The van der Waals surface area contributed by atoms with E-state index in [0.29, 0.717) is 5.56 Å². The molecule has 0 saturated heterocycles. The van der Waals surface area contributed by atoms with Crippen molar-refractivity contribution in [3.63, 3.8) is 0 Å². The maximum Gasteiger partial charge on any atom is 0.331 e. The molecule has 2 aromatic rings. The average molecular weight is 380 g/mol. The number of nitro groups is 1. The first-order chi connectivity index (χ1) is 12.2. The molecule has 0 amide bonds. The molecule has 10 heteroatoms. The number of nitrogens with zero attached hydrogens (tertiary/aromatic N) is 3. The van der Waals surface area contributed by atoms with E-state index in [1.807, 2.05) is 0 Å². The number of halogens is 1. The number of esters is 1. The van der Waals surface area contributed by atoms with Gasteiger partial charge >= 0.3 is 11.7 Å². The molecule has 0 saturated carbocycles. The number of hydrogen-bond acceptors (Lipinski definition) is 6. The third-order valence-corrected chi connectivity index (χ3v) is 3.89. The van der Waals surface area contributed by atoms with Crippen molar-refractivity contribution in [3.8, 4) is 0 Å². The first-order valence-corrected chi connectivity index (χ1v) is 7.63. The van der Waals surface area contributed by atoms with Crippen LogP contribution in [0.2, 0.25) is 5.02 Å². The van der Waals surface area contributed by atoms with Crippen molar-refractivity contribution in [1.82, 2.24) is 9.13 Å². The zero-order valence-corrected chi connectivity index (χ0v) is 14.6. The van der Waals surface area contributed by atoms with Gasteiger partial charge in [-0.05, 0) is 17.7 Å². The standard InChI is InChI=1S/C16H14ClN3O6/c1-18-11(8-14(21)19(2)16(18)23)9-26-15(22)6-4-10-3-5-12(17)13(7-10)20(24)25/h3-8H,9H2,1-2H3/b6-4+. The van der Waals surface area contributed by atoms with Crippen molar-refractivity contribution >= 4 is 29.3 Å². The van der Waals surface area contributed by atoms with E-state index < -0.39 is 22.1 Å². The Morgan fingerprint density at radius 3 is 2.62 bits per heavy atom. The molecule has 26 heavy (non-hydrogen) atoms. The maximum absolute atomic E-state index is 11.8. The fourth-order valence-electron chi connectivity index (χ4n) is 2.05. The first-order valence-electron chi connectivity index (χ1n) is 7.25. The SMILES string of the molecule is Cn1c(COC(=O)/C=C/c2ccc(Cl)c([N+](=O)[O-])c2)cc(=O)n(C)c1=O. The van der Waals surface area contributed by atoms with E-state index in [0.717, 1.165) is 10.6 Å². The molecular formula is C16H14ClN3O6. The van der Waals surface area contributed by atoms with Crippen LogP contribution in [0.25, 0.3) is 6.08 Å². The third kappa shape index (κ3) is 4.25. The van der Waals surface area contributed by atoms with Gasteiger partial charge in [0.1, 0.15) is 11.6 Å². The van der Waals surface area contributed by atoms with E-state index in [9.17, 15) is 24.5 Å². The average Bonchev–Trinajstić information content (AvgIpc) is 2.60. The Hall–Kier alpha value is -3.20. The molecule has 0 aliphatic rings. The van der Waals surface area contributed by atoms with Gasteiger partial charge in [-0.25, -0.2) is 9.59 Å². The lowest BCUT2D eigenvalue weighted by molar-refractivity contribution is -0.384. The fourth-order valence-corrected chi connectivity index (χ4v) is 2.23. The molecule has 0 bridgehead atoms. The summed E-state index contributed by atoms with van der Waals surface area (Å²) in [6.07, 6.45) is 2.40. The van der Waals surface area contributed by atoms with Gasteiger partial charge < -0.3 is 4.74 Å². The Morgan fingerprint density at radius 1 is 1.27 bits per heavy atom.